The van der Waals surface area contributed by atoms with Crippen molar-refractivity contribution in [2.45, 2.75) is 51.0 Å². The smallest absolute Gasteiger partial charge is 0.226 e. The maximum Gasteiger partial charge on any atom is 0.226 e. The quantitative estimate of drug-likeness (QED) is 0.811. The zero-order valence-electron chi connectivity index (χ0n) is 12.4. The number of nitrogens with zero attached hydrogens (tertiary/aromatic N) is 1. The Bertz CT molecular complexity index is 655. The average molecular weight is 286 g/mol. The number of anilines is 1. The molecule has 1 saturated carbocycles. The number of hydrogen-bond acceptors (Lipinski definition) is 3. The van der Waals surface area contributed by atoms with Gasteiger partial charge in [0.25, 0.3) is 0 Å². The van der Waals surface area contributed by atoms with Crippen LogP contribution in [0.25, 0.3) is 11.0 Å². The number of H-pyrrole nitrogens is 1. The number of nitrogens with one attached hydrogen (secondary N) is 2. The first kappa shape index (κ1) is 14.1. The van der Waals surface area contributed by atoms with Crippen LogP contribution in [0.3, 0.4) is 0 Å². The van der Waals surface area contributed by atoms with Crippen molar-refractivity contribution >= 4 is 22.6 Å². The molecule has 0 bridgehead atoms. The first-order valence-corrected chi connectivity index (χ1v) is 7.59. The number of imidazole rings is 1. The molecule has 5 heteroatoms. The van der Waals surface area contributed by atoms with Crippen LogP contribution in [0.5, 0.6) is 0 Å². The molecule has 1 aliphatic rings. The molecule has 1 heterocycles. The van der Waals surface area contributed by atoms with Crippen LogP contribution in [0.4, 0.5) is 5.69 Å². The maximum absolute atomic E-state index is 12.2. The van der Waals surface area contributed by atoms with E-state index in [0.717, 1.165) is 48.2 Å². The summed E-state index contributed by atoms with van der Waals surface area (Å²) >= 11 is 0. The van der Waals surface area contributed by atoms with Gasteiger partial charge in [0.1, 0.15) is 5.82 Å². The van der Waals surface area contributed by atoms with E-state index in [4.69, 9.17) is 5.73 Å². The highest BCUT2D eigenvalue weighted by Crippen LogP contribution is 2.29. The molecule has 21 heavy (non-hydrogen) atoms. The molecule has 1 amide bonds. The number of nitrogens with two attached hydrogens (primary N) is 1. The minimum absolute atomic E-state index is 0.00464. The van der Waals surface area contributed by atoms with Crippen molar-refractivity contribution in [2.24, 2.45) is 5.73 Å². The molecule has 0 aliphatic heterocycles. The number of benzene rings is 1. The summed E-state index contributed by atoms with van der Waals surface area (Å²) in [5.74, 6) is 0.867. The van der Waals surface area contributed by atoms with Gasteiger partial charge in [-0.15, -0.1) is 0 Å². The van der Waals surface area contributed by atoms with Crippen LogP contribution in [-0.4, -0.2) is 21.4 Å². The monoisotopic (exact) mass is 286 g/mol. The Morgan fingerprint density at radius 2 is 2.14 bits per heavy atom. The summed E-state index contributed by atoms with van der Waals surface area (Å²) in [7, 11) is 0. The molecule has 112 valence electrons. The lowest BCUT2D eigenvalue weighted by Crippen LogP contribution is -2.44. The summed E-state index contributed by atoms with van der Waals surface area (Å²) in [4.78, 5) is 19.7. The van der Waals surface area contributed by atoms with Gasteiger partial charge in [0.15, 0.2) is 0 Å². The van der Waals surface area contributed by atoms with E-state index < -0.39 is 0 Å². The Morgan fingerprint density at radius 1 is 1.38 bits per heavy atom. The molecule has 0 saturated heterocycles. The van der Waals surface area contributed by atoms with Crippen LogP contribution in [-0.2, 0) is 4.79 Å². The third-order valence-corrected chi connectivity index (χ3v) is 4.25. The molecule has 1 aromatic carbocycles. The molecule has 0 spiro atoms. The third-order valence-electron chi connectivity index (χ3n) is 4.25. The summed E-state index contributed by atoms with van der Waals surface area (Å²) in [5, 5.41) is 2.95. The number of aromatic nitrogens is 2. The van der Waals surface area contributed by atoms with E-state index in [1.807, 2.05) is 25.1 Å². The van der Waals surface area contributed by atoms with Gasteiger partial charge in [0.05, 0.1) is 11.0 Å². The zero-order valence-corrected chi connectivity index (χ0v) is 12.4. The summed E-state index contributed by atoms with van der Waals surface area (Å²) in [5.41, 5.74) is 8.64. The van der Waals surface area contributed by atoms with Crippen molar-refractivity contribution in [2.75, 3.05) is 5.32 Å². The second-order valence-electron chi connectivity index (χ2n) is 6.20. The Kier molecular flexibility index (Phi) is 3.68. The summed E-state index contributed by atoms with van der Waals surface area (Å²) < 4.78 is 0. The molecule has 2 aromatic rings. The van der Waals surface area contributed by atoms with E-state index >= 15 is 0 Å². The fourth-order valence-corrected chi connectivity index (χ4v) is 3.17. The van der Waals surface area contributed by atoms with Crippen LogP contribution in [0.15, 0.2) is 18.2 Å². The first-order valence-electron chi connectivity index (χ1n) is 7.59. The van der Waals surface area contributed by atoms with E-state index in [-0.39, 0.29) is 11.4 Å². The van der Waals surface area contributed by atoms with Gasteiger partial charge in [-0.05, 0) is 38.0 Å². The molecule has 0 atom stereocenters. The van der Waals surface area contributed by atoms with Crippen LogP contribution in [0, 0.1) is 6.92 Å². The zero-order chi connectivity index (χ0) is 14.9. The molecule has 1 aromatic heterocycles. The Labute approximate surface area is 124 Å². The molecule has 1 fully saturated rings. The number of hydrogen-bond donors (Lipinski definition) is 3. The normalized spacial score (nSPS) is 17.8. The lowest BCUT2D eigenvalue weighted by molar-refractivity contribution is -0.117. The van der Waals surface area contributed by atoms with E-state index in [2.05, 4.69) is 15.3 Å². The summed E-state index contributed by atoms with van der Waals surface area (Å²) in [6.45, 7) is 1.92. The first-order chi connectivity index (χ1) is 10.0. The molecule has 5 nitrogen and oxygen atoms in total. The van der Waals surface area contributed by atoms with E-state index in [1.54, 1.807) is 0 Å². The molecule has 1 aliphatic carbocycles. The van der Waals surface area contributed by atoms with Gasteiger partial charge < -0.3 is 16.0 Å². The fraction of sp³-hybridized carbons (Fsp3) is 0.500. The number of amides is 1. The Hall–Kier alpha value is -1.88. The number of carbonyl (C=O) groups is 1. The van der Waals surface area contributed by atoms with Gasteiger partial charge >= 0.3 is 0 Å². The predicted molar refractivity (Wildman–Crippen MR) is 84.1 cm³/mol. The van der Waals surface area contributed by atoms with Crippen molar-refractivity contribution in [1.29, 1.82) is 0 Å². The highest BCUT2D eigenvalue weighted by Gasteiger charge is 2.29. The van der Waals surface area contributed by atoms with Gasteiger partial charge in [0, 0.05) is 17.6 Å². The van der Waals surface area contributed by atoms with E-state index in [9.17, 15) is 4.79 Å². The second kappa shape index (κ2) is 5.48. The molecule has 3 rings (SSSR count). The number of aryl methyl sites for hydroxylation is 1. The third kappa shape index (κ3) is 3.24. The van der Waals surface area contributed by atoms with Gasteiger partial charge in [-0.2, -0.15) is 0 Å². The lowest BCUT2D eigenvalue weighted by Gasteiger charge is -2.32. The van der Waals surface area contributed by atoms with Gasteiger partial charge in [-0.1, -0.05) is 19.3 Å². The topological polar surface area (TPSA) is 83.8 Å². The van der Waals surface area contributed by atoms with Gasteiger partial charge in [-0.3, -0.25) is 4.79 Å². The van der Waals surface area contributed by atoms with Crippen molar-refractivity contribution < 1.29 is 4.79 Å². The maximum atomic E-state index is 12.2. The summed E-state index contributed by atoms with van der Waals surface area (Å²) in [6, 6.07) is 5.70. The minimum atomic E-state index is -0.322. The summed E-state index contributed by atoms with van der Waals surface area (Å²) in [6.07, 6.45) is 5.77. The van der Waals surface area contributed by atoms with Crippen molar-refractivity contribution in [3.8, 4) is 0 Å². The van der Waals surface area contributed by atoms with E-state index in [1.165, 1.54) is 6.42 Å². The number of rotatable bonds is 3. The SMILES string of the molecule is Cc1nc2ccc(NC(=O)CC3(N)CCCCC3)cc2[nH]1. The van der Waals surface area contributed by atoms with Crippen LogP contribution in [0.1, 0.15) is 44.3 Å². The fourth-order valence-electron chi connectivity index (χ4n) is 3.17. The van der Waals surface area contributed by atoms with Crippen molar-refractivity contribution in [3.05, 3.63) is 24.0 Å². The second-order valence-corrected chi connectivity index (χ2v) is 6.20. The largest absolute Gasteiger partial charge is 0.342 e. The number of fused-ring (bicyclic) bond motifs is 1. The number of carbonyl (C=O) groups excluding carboxylic acids is 1. The Morgan fingerprint density at radius 3 is 2.90 bits per heavy atom. The van der Waals surface area contributed by atoms with Crippen molar-refractivity contribution in [3.63, 3.8) is 0 Å². The lowest BCUT2D eigenvalue weighted by atomic mass is 9.80. The van der Waals surface area contributed by atoms with Crippen LogP contribution < -0.4 is 11.1 Å². The van der Waals surface area contributed by atoms with Gasteiger partial charge in [0.2, 0.25) is 5.91 Å². The van der Waals surface area contributed by atoms with Crippen molar-refractivity contribution in [1.82, 2.24) is 9.97 Å². The highest BCUT2D eigenvalue weighted by molar-refractivity contribution is 5.93. The molecular formula is C16H22N4O. The highest BCUT2D eigenvalue weighted by atomic mass is 16.1. The van der Waals surface area contributed by atoms with Crippen LogP contribution in [0.2, 0.25) is 0 Å². The Balaban J connectivity index is 1.67. The van der Waals surface area contributed by atoms with E-state index in [0.29, 0.717) is 6.42 Å². The molecule has 0 unspecified atom stereocenters. The van der Waals surface area contributed by atoms with Crippen LogP contribution >= 0.6 is 0 Å². The molecular weight excluding hydrogens is 264 g/mol. The average Bonchev–Trinajstić information content (AvgIpc) is 2.78. The minimum Gasteiger partial charge on any atom is -0.342 e. The molecule has 4 N–H and O–H groups in total. The number of aromatic amines is 1. The van der Waals surface area contributed by atoms with Gasteiger partial charge in [-0.25, -0.2) is 4.98 Å². The standard InChI is InChI=1S/C16H22N4O/c1-11-18-13-6-5-12(9-14(13)19-11)20-15(21)10-16(17)7-3-2-4-8-16/h5-6,9H,2-4,7-8,10,17H2,1H3,(H,18,19)(H,20,21). The molecule has 0 radical (unpaired) electrons. The predicted octanol–water partition coefficient (Wildman–Crippen LogP) is 2.86.